The van der Waals surface area contributed by atoms with E-state index >= 15 is 0 Å². The summed E-state index contributed by atoms with van der Waals surface area (Å²) in [4.78, 5) is 0. The molecular weight excluding hydrogens is 314 g/mol. The Morgan fingerprint density at radius 2 is 1.43 bits per heavy atom. The molecule has 0 N–H and O–H groups in total. The zero-order valence-electron chi connectivity index (χ0n) is 12.0. The van der Waals surface area contributed by atoms with Gasteiger partial charge in [-0.2, -0.15) is 26.3 Å². The van der Waals surface area contributed by atoms with E-state index in [2.05, 4.69) is 0 Å². The summed E-state index contributed by atoms with van der Waals surface area (Å²) < 4.78 is 86.0. The minimum Gasteiger partial charge on any atom is -0.397 e. The van der Waals surface area contributed by atoms with Gasteiger partial charge in [-0.1, -0.05) is 12.2 Å². The van der Waals surface area contributed by atoms with Crippen molar-refractivity contribution in [3.63, 3.8) is 0 Å². The summed E-state index contributed by atoms with van der Waals surface area (Å²) in [6, 6.07) is 0. The Morgan fingerprint density at radius 3 is 1.71 bits per heavy atom. The van der Waals surface area contributed by atoms with Crippen molar-refractivity contribution in [3.05, 3.63) is 12.2 Å². The lowest BCUT2D eigenvalue weighted by Crippen LogP contribution is -2.67. The quantitative estimate of drug-likeness (QED) is 0.405. The topological polar surface area (TPSA) is 9.23 Å². The molecule has 0 aromatic carbocycles. The number of alkyl halides is 6. The number of fused-ring (bicyclic) bond motifs is 2. The van der Waals surface area contributed by atoms with E-state index in [1.54, 1.807) is 6.08 Å². The molecule has 0 amide bonds. The highest BCUT2D eigenvalue weighted by molar-refractivity contribution is 6.69. The summed E-state index contributed by atoms with van der Waals surface area (Å²) in [6.07, 6.45) is -7.52. The molecule has 0 radical (unpaired) electrons. The third-order valence-electron chi connectivity index (χ3n) is 4.11. The fraction of sp³-hybridized carbons (Fsp3) is 0.846. The molecular formula is C13H18F6OSi. The van der Waals surface area contributed by atoms with Gasteiger partial charge in [-0.05, 0) is 44.3 Å². The molecule has 2 bridgehead atoms. The highest BCUT2D eigenvalue weighted by Crippen LogP contribution is 2.60. The zero-order valence-corrected chi connectivity index (χ0v) is 13.0. The van der Waals surface area contributed by atoms with E-state index in [4.69, 9.17) is 4.43 Å². The maximum absolute atomic E-state index is 13.5. The van der Waals surface area contributed by atoms with Crippen molar-refractivity contribution >= 4 is 8.32 Å². The van der Waals surface area contributed by atoms with Crippen LogP contribution >= 0.6 is 0 Å². The Labute approximate surface area is 120 Å². The summed E-state index contributed by atoms with van der Waals surface area (Å²) in [7, 11) is -3.07. The predicted molar refractivity (Wildman–Crippen MR) is 68.1 cm³/mol. The van der Waals surface area contributed by atoms with Crippen molar-refractivity contribution in [3.8, 4) is 0 Å². The Morgan fingerprint density at radius 1 is 0.905 bits per heavy atom. The van der Waals surface area contributed by atoms with Crippen molar-refractivity contribution in [1.29, 1.82) is 0 Å². The minimum atomic E-state index is -5.48. The molecule has 2 aliphatic carbocycles. The Hall–Kier alpha value is -0.503. The summed E-state index contributed by atoms with van der Waals surface area (Å²) in [5.74, 6) is -2.50. The van der Waals surface area contributed by atoms with E-state index in [0.717, 1.165) is 0 Å². The Balaban J connectivity index is 2.54. The van der Waals surface area contributed by atoms with E-state index in [9.17, 15) is 26.3 Å². The maximum Gasteiger partial charge on any atom is 0.425 e. The largest absolute Gasteiger partial charge is 0.425 e. The van der Waals surface area contributed by atoms with Crippen LogP contribution in [-0.2, 0) is 4.43 Å². The third-order valence-corrected chi connectivity index (χ3v) is 5.04. The van der Waals surface area contributed by atoms with E-state index in [0.29, 0.717) is 6.42 Å². The van der Waals surface area contributed by atoms with Crippen LogP contribution in [0.3, 0.4) is 0 Å². The number of hydrogen-bond donors (Lipinski definition) is 0. The summed E-state index contributed by atoms with van der Waals surface area (Å²) in [6.45, 7) is 4.05. The molecule has 1 saturated carbocycles. The van der Waals surface area contributed by atoms with Gasteiger partial charge in [0.2, 0.25) is 0 Å². The molecule has 2 aliphatic rings. The predicted octanol–water partition coefficient (Wildman–Crippen LogP) is 4.91. The van der Waals surface area contributed by atoms with Gasteiger partial charge in [0.1, 0.15) is 0 Å². The van der Waals surface area contributed by atoms with Gasteiger partial charge >= 0.3 is 12.4 Å². The van der Waals surface area contributed by atoms with Gasteiger partial charge < -0.3 is 4.43 Å². The van der Waals surface area contributed by atoms with Crippen molar-refractivity contribution in [2.75, 3.05) is 0 Å². The van der Waals surface area contributed by atoms with Crippen molar-refractivity contribution in [1.82, 2.24) is 0 Å². The van der Waals surface area contributed by atoms with Crippen LogP contribution in [0.2, 0.25) is 19.6 Å². The average Bonchev–Trinajstić information content (AvgIpc) is 2.82. The first-order chi connectivity index (χ1) is 9.28. The van der Waals surface area contributed by atoms with Crippen LogP contribution < -0.4 is 0 Å². The number of allylic oxidation sites excluding steroid dienone is 2. The molecule has 8 heteroatoms. The lowest BCUT2D eigenvalue weighted by atomic mass is 9.77. The van der Waals surface area contributed by atoms with Crippen molar-refractivity contribution < 1.29 is 30.8 Å². The molecule has 0 aromatic rings. The van der Waals surface area contributed by atoms with E-state index in [-0.39, 0.29) is 12.3 Å². The second kappa shape index (κ2) is 4.74. The van der Waals surface area contributed by atoms with E-state index < -0.39 is 38.1 Å². The summed E-state index contributed by atoms with van der Waals surface area (Å²) in [5.41, 5.74) is -4.05. The van der Waals surface area contributed by atoms with Crippen LogP contribution in [-0.4, -0.2) is 26.3 Å². The smallest absolute Gasteiger partial charge is 0.397 e. The number of hydrogen-bond acceptors (Lipinski definition) is 1. The van der Waals surface area contributed by atoms with Gasteiger partial charge in [0.15, 0.2) is 8.32 Å². The molecule has 3 unspecified atom stereocenters. The van der Waals surface area contributed by atoms with Crippen LogP contribution in [0.4, 0.5) is 26.3 Å². The molecule has 0 heterocycles. The van der Waals surface area contributed by atoms with Crippen molar-refractivity contribution in [2.45, 2.75) is 50.4 Å². The van der Waals surface area contributed by atoms with Gasteiger partial charge in [-0.25, -0.2) is 0 Å². The average molecular weight is 332 g/mol. The molecule has 122 valence electrons. The lowest BCUT2D eigenvalue weighted by molar-refractivity contribution is -0.379. The first-order valence-corrected chi connectivity index (χ1v) is 10.2. The molecule has 0 aromatic heterocycles. The van der Waals surface area contributed by atoms with E-state index in [1.807, 2.05) is 0 Å². The van der Waals surface area contributed by atoms with Gasteiger partial charge in [-0.15, -0.1) is 0 Å². The maximum atomic E-state index is 13.5. The lowest BCUT2D eigenvalue weighted by Gasteiger charge is -2.46. The van der Waals surface area contributed by atoms with Crippen LogP contribution in [0.25, 0.3) is 0 Å². The minimum absolute atomic E-state index is 0.120. The van der Waals surface area contributed by atoms with Gasteiger partial charge in [0.25, 0.3) is 5.60 Å². The van der Waals surface area contributed by atoms with Crippen LogP contribution in [0.15, 0.2) is 12.2 Å². The molecule has 3 atom stereocenters. The molecule has 1 nitrogen and oxygen atoms in total. The first kappa shape index (κ1) is 16.9. The fourth-order valence-electron chi connectivity index (χ4n) is 3.50. The second-order valence-electron chi connectivity index (χ2n) is 6.83. The molecule has 2 rings (SSSR count). The third kappa shape index (κ3) is 2.76. The van der Waals surface area contributed by atoms with Crippen LogP contribution in [0, 0.1) is 17.8 Å². The monoisotopic (exact) mass is 332 g/mol. The Bertz CT molecular complexity index is 419. The van der Waals surface area contributed by atoms with Gasteiger partial charge in [0.05, 0.1) is 0 Å². The first-order valence-electron chi connectivity index (χ1n) is 6.80. The second-order valence-corrected chi connectivity index (χ2v) is 11.3. The standard InChI is InChI=1S/C13H18F6OSi/c1-21(2,3)20-11(12(14,15)16,13(17,18)19)10-7-8-4-5-9(10)6-8/h4-5,8-10H,6-7H2,1-3H3. The Kier molecular flexibility index (Phi) is 3.81. The zero-order chi connectivity index (χ0) is 16.3. The highest BCUT2D eigenvalue weighted by Gasteiger charge is 2.77. The van der Waals surface area contributed by atoms with E-state index in [1.165, 1.54) is 25.7 Å². The molecule has 0 aliphatic heterocycles. The normalized spacial score (nSPS) is 30.2. The fourth-order valence-corrected chi connectivity index (χ4v) is 4.85. The van der Waals surface area contributed by atoms with Crippen molar-refractivity contribution in [2.24, 2.45) is 17.8 Å². The van der Waals surface area contributed by atoms with Gasteiger partial charge in [-0.3, -0.25) is 0 Å². The van der Waals surface area contributed by atoms with Crippen LogP contribution in [0.5, 0.6) is 0 Å². The van der Waals surface area contributed by atoms with Crippen LogP contribution in [0.1, 0.15) is 12.8 Å². The highest BCUT2D eigenvalue weighted by atomic mass is 28.4. The number of rotatable bonds is 3. The summed E-state index contributed by atoms with van der Waals surface area (Å²) in [5, 5.41) is 0. The number of halogens is 6. The SMILES string of the molecule is C[Si](C)(C)OC(C1CC2C=CC1C2)(C(F)(F)F)C(F)(F)F. The summed E-state index contributed by atoms with van der Waals surface area (Å²) >= 11 is 0. The molecule has 0 saturated heterocycles. The molecule has 0 spiro atoms. The molecule has 1 fully saturated rings. The molecule has 21 heavy (non-hydrogen) atoms. The van der Waals surface area contributed by atoms with Gasteiger partial charge in [0, 0.05) is 5.92 Å².